The first-order valence-corrected chi connectivity index (χ1v) is 8.39. The predicted molar refractivity (Wildman–Crippen MR) is 98.0 cm³/mol. The van der Waals surface area contributed by atoms with Gasteiger partial charge in [0.05, 0.1) is 17.5 Å². The Morgan fingerprint density at radius 3 is 1.59 bits per heavy atom. The number of hydrogen-bond acceptors (Lipinski definition) is 2. The summed E-state index contributed by atoms with van der Waals surface area (Å²) < 4.78 is 28.1. The molecule has 2 N–H and O–H groups in total. The monoisotopic (exact) mass is 362 g/mol. The largest absolute Gasteiger partial charge is 0.358 e. The van der Waals surface area contributed by atoms with Crippen molar-refractivity contribution in [2.45, 2.75) is 6.42 Å². The minimum atomic E-state index is -0.438. The van der Waals surface area contributed by atoms with Gasteiger partial charge in [0, 0.05) is 45.4 Å². The van der Waals surface area contributed by atoms with E-state index in [2.05, 4.69) is 9.97 Å². The third-order valence-electron chi connectivity index (χ3n) is 5.00. The standard InChI is InChI=1S/C21H12F2N2O2/c22-14-5-1-3-10-12(8-24-20(10)14)18-16(26)7-17(27)19(18)13-9-25-21-11(13)4-2-6-15(21)23/h1-6,8-9,24-25H,7H2. The number of H-pyrrole nitrogens is 2. The summed E-state index contributed by atoms with van der Waals surface area (Å²) in [6.45, 7) is 0. The molecule has 0 amide bonds. The molecule has 0 radical (unpaired) electrons. The number of fused-ring (bicyclic) bond motifs is 2. The molecule has 0 aliphatic heterocycles. The van der Waals surface area contributed by atoms with Crippen LogP contribution in [0.5, 0.6) is 0 Å². The Hall–Kier alpha value is -3.54. The fraction of sp³-hybridized carbons (Fsp3) is 0.0476. The van der Waals surface area contributed by atoms with Crippen molar-refractivity contribution in [1.82, 2.24) is 9.97 Å². The van der Waals surface area contributed by atoms with Gasteiger partial charge in [-0.25, -0.2) is 8.78 Å². The number of Topliss-reactive ketones (excluding diaryl/α,β-unsaturated/α-hetero) is 2. The zero-order chi connectivity index (χ0) is 18.7. The van der Waals surface area contributed by atoms with Crippen LogP contribution in [0.1, 0.15) is 17.5 Å². The summed E-state index contributed by atoms with van der Waals surface area (Å²) in [4.78, 5) is 31.0. The van der Waals surface area contributed by atoms with Crippen LogP contribution >= 0.6 is 0 Å². The number of aromatic amines is 2. The lowest BCUT2D eigenvalue weighted by Gasteiger charge is -2.05. The topological polar surface area (TPSA) is 65.7 Å². The number of carbonyl (C=O) groups excluding carboxylic acids is 2. The molecule has 0 saturated heterocycles. The third kappa shape index (κ3) is 2.13. The lowest BCUT2D eigenvalue weighted by Crippen LogP contribution is -1.96. The van der Waals surface area contributed by atoms with Gasteiger partial charge in [-0.3, -0.25) is 9.59 Å². The highest BCUT2D eigenvalue weighted by Crippen LogP contribution is 2.40. The van der Waals surface area contributed by atoms with E-state index in [1.807, 2.05) is 0 Å². The number of ketones is 2. The Kier molecular flexibility index (Phi) is 3.18. The molecular formula is C21H12F2N2O2. The van der Waals surface area contributed by atoms with Crippen molar-refractivity contribution >= 4 is 44.5 Å². The van der Waals surface area contributed by atoms with E-state index in [1.165, 1.54) is 24.5 Å². The second kappa shape index (κ2) is 5.48. The zero-order valence-electron chi connectivity index (χ0n) is 13.9. The van der Waals surface area contributed by atoms with Gasteiger partial charge in [0.1, 0.15) is 11.6 Å². The quantitative estimate of drug-likeness (QED) is 0.520. The summed E-state index contributed by atoms with van der Waals surface area (Å²) in [5.41, 5.74) is 1.97. The molecule has 1 aliphatic rings. The minimum absolute atomic E-state index is 0.238. The van der Waals surface area contributed by atoms with Gasteiger partial charge >= 0.3 is 0 Å². The van der Waals surface area contributed by atoms with Gasteiger partial charge in [0.2, 0.25) is 0 Å². The normalized spacial score (nSPS) is 14.9. The fourth-order valence-corrected chi connectivity index (χ4v) is 3.82. The number of allylic oxidation sites excluding steroid dienone is 2. The van der Waals surface area contributed by atoms with Gasteiger partial charge in [-0.1, -0.05) is 24.3 Å². The van der Waals surface area contributed by atoms with Gasteiger partial charge in [-0.15, -0.1) is 0 Å². The summed E-state index contributed by atoms with van der Waals surface area (Å²) in [7, 11) is 0. The van der Waals surface area contributed by atoms with Gasteiger partial charge < -0.3 is 9.97 Å². The molecule has 6 heteroatoms. The van der Waals surface area contributed by atoms with E-state index in [-0.39, 0.29) is 40.2 Å². The molecule has 27 heavy (non-hydrogen) atoms. The van der Waals surface area contributed by atoms with Crippen LogP contribution in [0.25, 0.3) is 33.0 Å². The van der Waals surface area contributed by atoms with E-state index in [0.29, 0.717) is 21.9 Å². The highest BCUT2D eigenvalue weighted by molar-refractivity contribution is 6.52. The van der Waals surface area contributed by atoms with Crippen LogP contribution in [-0.2, 0) is 9.59 Å². The SMILES string of the molecule is O=C1CC(=O)C(c2c[nH]c3c(F)cccc23)=C1c1c[nH]c2c(F)cccc12. The molecule has 4 nitrogen and oxygen atoms in total. The number of nitrogens with one attached hydrogen (secondary N) is 2. The molecule has 0 atom stereocenters. The Bertz CT molecular complexity index is 1210. The van der Waals surface area contributed by atoms with E-state index in [4.69, 9.17) is 0 Å². The summed E-state index contributed by atoms with van der Waals surface area (Å²) in [6, 6.07) is 9.14. The van der Waals surface area contributed by atoms with Crippen LogP contribution < -0.4 is 0 Å². The number of rotatable bonds is 2. The number of halogens is 2. The summed E-state index contributed by atoms with van der Waals surface area (Å²) in [5, 5.41) is 1.05. The molecule has 2 heterocycles. The van der Waals surface area contributed by atoms with Crippen molar-refractivity contribution in [2.75, 3.05) is 0 Å². The third-order valence-corrected chi connectivity index (χ3v) is 5.00. The fourth-order valence-electron chi connectivity index (χ4n) is 3.82. The molecule has 5 rings (SSSR count). The van der Waals surface area contributed by atoms with Crippen LogP contribution in [0.4, 0.5) is 8.78 Å². The zero-order valence-corrected chi connectivity index (χ0v) is 13.9. The molecule has 0 bridgehead atoms. The van der Waals surface area contributed by atoms with Gasteiger partial charge in [0.15, 0.2) is 11.6 Å². The van der Waals surface area contributed by atoms with E-state index >= 15 is 0 Å². The molecule has 4 aromatic rings. The number of hydrogen-bond donors (Lipinski definition) is 2. The second-order valence-corrected chi connectivity index (χ2v) is 6.50. The molecule has 0 fully saturated rings. The van der Waals surface area contributed by atoms with Crippen molar-refractivity contribution in [3.05, 3.63) is 71.6 Å². The summed E-state index contributed by atoms with van der Waals surface area (Å²) in [6.07, 6.45) is 2.82. The average Bonchev–Trinajstić information content (AvgIpc) is 3.31. The van der Waals surface area contributed by atoms with Crippen molar-refractivity contribution in [1.29, 1.82) is 0 Å². The maximum absolute atomic E-state index is 14.0. The molecule has 2 aromatic heterocycles. The van der Waals surface area contributed by atoms with Crippen LogP contribution in [0.3, 0.4) is 0 Å². The molecule has 2 aromatic carbocycles. The summed E-state index contributed by atoms with van der Waals surface area (Å²) >= 11 is 0. The van der Waals surface area contributed by atoms with Crippen molar-refractivity contribution < 1.29 is 18.4 Å². The molecular weight excluding hydrogens is 350 g/mol. The van der Waals surface area contributed by atoms with Crippen LogP contribution in [0.15, 0.2) is 48.8 Å². The number of benzene rings is 2. The van der Waals surface area contributed by atoms with Crippen LogP contribution in [0.2, 0.25) is 0 Å². The maximum Gasteiger partial charge on any atom is 0.172 e. The lowest BCUT2D eigenvalue weighted by atomic mass is 9.95. The van der Waals surface area contributed by atoms with E-state index < -0.39 is 11.6 Å². The first-order chi connectivity index (χ1) is 13.1. The Labute approximate surface area is 151 Å². The second-order valence-electron chi connectivity index (χ2n) is 6.50. The average molecular weight is 362 g/mol. The highest BCUT2D eigenvalue weighted by Gasteiger charge is 2.35. The van der Waals surface area contributed by atoms with E-state index in [9.17, 15) is 18.4 Å². The van der Waals surface area contributed by atoms with Gasteiger partial charge in [-0.2, -0.15) is 0 Å². The van der Waals surface area contributed by atoms with Crippen LogP contribution in [-0.4, -0.2) is 21.5 Å². The first kappa shape index (κ1) is 15.7. The predicted octanol–water partition coefficient (Wildman–Crippen LogP) is 4.38. The maximum atomic E-state index is 14.0. The van der Waals surface area contributed by atoms with Crippen LogP contribution in [0, 0.1) is 11.6 Å². The lowest BCUT2D eigenvalue weighted by molar-refractivity contribution is -0.119. The minimum Gasteiger partial charge on any atom is -0.358 e. The molecule has 1 aliphatic carbocycles. The van der Waals surface area contributed by atoms with E-state index in [1.54, 1.807) is 24.3 Å². The molecule has 132 valence electrons. The molecule has 0 spiro atoms. The number of aromatic nitrogens is 2. The highest BCUT2D eigenvalue weighted by atomic mass is 19.1. The molecule has 0 saturated carbocycles. The van der Waals surface area contributed by atoms with Crippen molar-refractivity contribution in [2.24, 2.45) is 0 Å². The smallest absolute Gasteiger partial charge is 0.172 e. The van der Waals surface area contributed by atoms with Crippen molar-refractivity contribution in [3.63, 3.8) is 0 Å². The van der Waals surface area contributed by atoms with Crippen molar-refractivity contribution in [3.8, 4) is 0 Å². The Morgan fingerprint density at radius 1 is 0.704 bits per heavy atom. The summed E-state index contributed by atoms with van der Waals surface area (Å²) in [5.74, 6) is -1.53. The molecule has 0 unspecified atom stereocenters. The first-order valence-electron chi connectivity index (χ1n) is 8.39. The van der Waals surface area contributed by atoms with Gasteiger partial charge in [0.25, 0.3) is 0 Å². The van der Waals surface area contributed by atoms with Gasteiger partial charge in [-0.05, 0) is 12.1 Å². The number of carbonyl (C=O) groups is 2. The Morgan fingerprint density at radius 2 is 1.15 bits per heavy atom. The number of para-hydroxylation sites is 2. The Balaban J connectivity index is 1.85. The van der Waals surface area contributed by atoms with E-state index in [0.717, 1.165) is 0 Å².